The van der Waals surface area contributed by atoms with Crippen molar-refractivity contribution in [3.05, 3.63) is 94.5 Å². The van der Waals surface area contributed by atoms with Crippen LogP contribution in [0.5, 0.6) is 0 Å². The molecule has 2 N–H and O–H groups in total. The van der Waals surface area contributed by atoms with Gasteiger partial charge in [0.1, 0.15) is 0 Å². The Kier molecular flexibility index (Phi) is 6.03. The first kappa shape index (κ1) is 20.6. The van der Waals surface area contributed by atoms with Gasteiger partial charge < -0.3 is 5.11 Å². The van der Waals surface area contributed by atoms with Gasteiger partial charge in [-0.2, -0.15) is 0 Å². The summed E-state index contributed by atoms with van der Waals surface area (Å²) in [5, 5.41) is 9.07. The number of benzene rings is 3. The number of nitrogens with one attached hydrogen (secondary N) is 1. The molecule has 0 unspecified atom stereocenters. The van der Waals surface area contributed by atoms with Crippen LogP contribution in [0.3, 0.4) is 0 Å². The molecule has 3 aromatic rings. The predicted molar refractivity (Wildman–Crippen MR) is 114 cm³/mol. The summed E-state index contributed by atoms with van der Waals surface area (Å²) < 4.78 is 27.9. The van der Waals surface area contributed by atoms with Gasteiger partial charge in [-0.3, -0.25) is 4.72 Å². The molecule has 0 aliphatic heterocycles. The zero-order valence-corrected chi connectivity index (χ0v) is 17.2. The lowest BCUT2D eigenvalue weighted by molar-refractivity contribution is 0.0696. The SMILES string of the molecule is Cc1ccc(S(=O)(=O)Nc2ccc(CCc3cccc(C(=O)O)c3)cc2)c(C)c1. The van der Waals surface area contributed by atoms with E-state index in [0.717, 1.165) is 23.1 Å². The van der Waals surface area contributed by atoms with Crippen LogP contribution >= 0.6 is 0 Å². The number of hydrogen-bond donors (Lipinski definition) is 2. The molecule has 0 heterocycles. The fourth-order valence-electron chi connectivity index (χ4n) is 3.20. The Bertz CT molecular complexity index is 1140. The van der Waals surface area contributed by atoms with Gasteiger partial charge in [0.15, 0.2) is 0 Å². The molecule has 6 heteroatoms. The molecule has 0 radical (unpaired) electrons. The molecule has 0 bridgehead atoms. The number of carbonyl (C=O) groups is 1. The number of carboxylic acid groups (broad SMARTS) is 1. The molecule has 3 aromatic carbocycles. The highest BCUT2D eigenvalue weighted by Crippen LogP contribution is 2.21. The highest BCUT2D eigenvalue weighted by molar-refractivity contribution is 7.92. The second-order valence-corrected chi connectivity index (χ2v) is 8.73. The van der Waals surface area contributed by atoms with E-state index >= 15 is 0 Å². The quantitative estimate of drug-likeness (QED) is 0.598. The van der Waals surface area contributed by atoms with Gasteiger partial charge in [0, 0.05) is 5.69 Å². The van der Waals surface area contributed by atoms with E-state index in [-0.39, 0.29) is 10.5 Å². The Labute approximate surface area is 171 Å². The molecule has 0 aliphatic rings. The smallest absolute Gasteiger partial charge is 0.335 e. The lowest BCUT2D eigenvalue weighted by Gasteiger charge is -2.11. The maximum Gasteiger partial charge on any atom is 0.335 e. The highest BCUT2D eigenvalue weighted by atomic mass is 32.2. The summed E-state index contributed by atoms with van der Waals surface area (Å²) in [6.07, 6.45) is 1.43. The van der Waals surface area contributed by atoms with Gasteiger partial charge in [-0.25, -0.2) is 13.2 Å². The van der Waals surface area contributed by atoms with Gasteiger partial charge in [-0.15, -0.1) is 0 Å². The molecule has 0 fully saturated rings. The zero-order valence-electron chi connectivity index (χ0n) is 16.3. The van der Waals surface area contributed by atoms with Crippen LogP contribution in [-0.4, -0.2) is 19.5 Å². The summed E-state index contributed by atoms with van der Waals surface area (Å²) in [6, 6.07) is 19.4. The predicted octanol–water partition coefficient (Wildman–Crippen LogP) is 4.59. The Hall–Kier alpha value is -3.12. The van der Waals surface area contributed by atoms with Gasteiger partial charge in [-0.1, -0.05) is 42.0 Å². The van der Waals surface area contributed by atoms with Crippen molar-refractivity contribution in [2.75, 3.05) is 4.72 Å². The standard InChI is InChI=1S/C23H23NO4S/c1-16-6-13-22(17(2)14-16)29(27,28)24-21-11-9-18(10-12-21)7-8-19-4-3-5-20(15-19)23(25)26/h3-6,9-15,24H,7-8H2,1-2H3,(H,25,26). The molecule has 5 nitrogen and oxygen atoms in total. The third-order valence-electron chi connectivity index (χ3n) is 4.70. The Morgan fingerprint density at radius 1 is 0.897 bits per heavy atom. The molecule has 0 amide bonds. The number of hydrogen-bond acceptors (Lipinski definition) is 3. The first-order valence-corrected chi connectivity index (χ1v) is 10.7. The summed E-state index contributed by atoms with van der Waals surface area (Å²) >= 11 is 0. The minimum Gasteiger partial charge on any atom is -0.478 e. The van der Waals surface area contributed by atoms with E-state index in [1.807, 2.05) is 31.2 Å². The Morgan fingerprint density at radius 3 is 2.24 bits per heavy atom. The van der Waals surface area contributed by atoms with E-state index in [9.17, 15) is 13.2 Å². The van der Waals surface area contributed by atoms with E-state index in [4.69, 9.17) is 5.11 Å². The number of sulfonamides is 1. The molecule has 0 spiro atoms. The third-order valence-corrected chi connectivity index (χ3v) is 6.24. The number of rotatable bonds is 7. The molecular weight excluding hydrogens is 386 g/mol. The summed E-state index contributed by atoms with van der Waals surface area (Å²) in [6.45, 7) is 3.71. The third kappa shape index (κ3) is 5.23. The van der Waals surface area contributed by atoms with Gasteiger partial charge >= 0.3 is 5.97 Å². The minimum atomic E-state index is -3.65. The van der Waals surface area contributed by atoms with E-state index in [1.165, 1.54) is 0 Å². The average Bonchev–Trinajstić information content (AvgIpc) is 2.67. The number of carboxylic acids is 1. The lowest BCUT2D eigenvalue weighted by atomic mass is 10.0. The molecular formula is C23H23NO4S. The maximum absolute atomic E-state index is 12.7. The number of aryl methyl sites for hydroxylation is 4. The monoisotopic (exact) mass is 409 g/mol. The fourth-order valence-corrected chi connectivity index (χ4v) is 4.49. The van der Waals surface area contributed by atoms with E-state index in [1.54, 1.807) is 49.4 Å². The van der Waals surface area contributed by atoms with Crippen molar-refractivity contribution in [1.82, 2.24) is 0 Å². The molecule has 150 valence electrons. The molecule has 0 atom stereocenters. The van der Waals surface area contributed by atoms with Crippen molar-refractivity contribution < 1.29 is 18.3 Å². The maximum atomic E-state index is 12.7. The molecule has 0 saturated heterocycles. The van der Waals surface area contributed by atoms with Gasteiger partial charge in [0.05, 0.1) is 10.5 Å². The fraction of sp³-hybridized carbons (Fsp3) is 0.174. The van der Waals surface area contributed by atoms with E-state index in [0.29, 0.717) is 17.7 Å². The minimum absolute atomic E-state index is 0.269. The van der Waals surface area contributed by atoms with Crippen molar-refractivity contribution in [3.63, 3.8) is 0 Å². The van der Waals surface area contributed by atoms with Gasteiger partial charge in [-0.05, 0) is 73.7 Å². The summed E-state index contributed by atoms with van der Waals surface area (Å²) in [4.78, 5) is 11.3. The van der Waals surface area contributed by atoms with Crippen LogP contribution in [0.15, 0.2) is 71.6 Å². The van der Waals surface area contributed by atoms with E-state index < -0.39 is 16.0 Å². The van der Waals surface area contributed by atoms with Crippen LogP contribution in [0.2, 0.25) is 0 Å². The first-order valence-electron chi connectivity index (χ1n) is 9.26. The molecule has 0 aromatic heterocycles. The summed E-state index contributed by atoms with van der Waals surface area (Å²) in [7, 11) is -3.65. The zero-order chi connectivity index (χ0) is 21.0. The van der Waals surface area contributed by atoms with Gasteiger partial charge in [0.2, 0.25) is 0 Å². The number of anilines is 1. The van der Waals surface area contributed by atoms with E-state index in [2.05, 4.69) is 4.72 Å². The normalized spacial score (nSPS) is 11.2. The van der Waals surface area contributed by atoms with Crippen molar-refractivity contribution in [2.45, 2.75) is 31.6 Å². The molecule has 0 saturated carbocycles. The van der Waals surface area contributed by atoms with Gasteiger partial charge in [0.25, 0.3) is 10.0 Å². The number of aromatic carboxylic acids is 1. The highest BCUT2D eigenvalue weighted by Gasteiger charge is 2.16. The molecule has 0 aliphatic carbocycles. The molecule has 3 rings (SSSR count). The molecule has 29 heavy (non-hydrogen) atoms. The van der Waals surface area contributed by atoms with Crippen LogP contribution in [0, 0.1) is 13.8 Å². The second-order valence-electron chi connectivity index (χ2n) is 7.08. The Balaban J connectivity index is 1.67. The van der Waals surface area contributed by atoms with Crippen LogP contribution in [0.1, 0.15) is 32.6 Å². The largest absolute Gasteiger partial charge is 0.478 e. The summed E-state index contributed by atoms with van der Waals surface area (Å²) in [5.74, 6) is -0.938. The van der Waals surface area contributed by atoms with Crippen molar-refractivity contribution in [3.8, 4) is 0 Å². The van der Waals surface area contributed by atoms with Crippen molar-refractivity contribution >= 4 is 21.7 Å². The van der Waals surface area contributed by atoms with Crippen molar-refractivity contribution in [1.29, 1.82) is 0 Å². The van der Waals surface area contributed by atoms with Crippen LogP contribution in [0.4, 0.5) is 5.69 Å². The van der Waals surface area contributed by atoms with Crippen LogP contribution in [0.25, 0.3) is 0 Å². The second kappa shape index (κ2) is 8.49. The topological polar surface area (TPSA) is 83.5 Å². The Morgan fingerprint density at radius 2 is 1.59 bits per heavy atom. The van der Waals surface area contributed by atoms with Crippen molar-refractivity contribution in [2.24, 2.45) is 0 Å². The summed E-state index contributed by atoms with van der Waals surface area (Å²) in [5.41, 5.74) is 4.49. The lowest BCUT2D eigenvalue weighted by Crippen LogP contribution is -2.14. The van der Waals surface area contributed by atoms with Crippen LogP contribution in [-0.2, 0) is 22.9 Å². The first-order chi connectivity index (χ1) is 13.7. The average molecular weight is 410 g/mol. The van der Waals surface area contributed by atoms with Crippen LogP contribution < -0.4 is 4.72 Å².